The molecule has 0 spiro atoms. The van der Waals surface area contributed by atoms with Gasteiger partial charge in [0.05, 0.1) is 12.3 Å². The van der Waals surface area contributed by atoms with E-state index in [2.05, 4.69) is 5.16 Å². The van der Waals surface area contributed by atoms with Crippen LogP contribution in [0.5, 0.6) is 0 Å². The van der Waals surface area contributed by atoms with E-state index in [0.29, 0.717) is 16.8 Å². The number of oxime groups is 1. The maximum atomic E-state index is 14.5. The molecule has 0 radical (unpaired) electrons. The number of rotatable bonds is 6. The lowest BCUT2D eigenvalue weighted by Crippen LogP contribution is -2.37. The number of halogens is 3. The highest BCUT2D eigenvalue weighted by Gasteiger charge is 2.29. The first-order valence-electron chi connectivity index (χ1n) is 11.2. The molecule has 7 heteroatoms. The van der Waals surface area contributed by atoms with Gasteiger partial charge in [0.15, 0.2) is 6.10 Å². The van der Waals surface area contributed by atoms with Crippen molar-refractivity contribution in [2.24, 2.45) is 5.16 Å². The van der Waals surface area contributed by atoms with Crippen LogP contribution in [0.25, 0.3) is 10.8 Å². The Kier molecular flexibility index (Phi) is 6.23. The Morgan fingerprint density at radius 1 is 0.914 bits per heavy atom. The van der Waals surface area contributed by atoms with Crippen molar-refractivity contribution >= 4 is 22.4 Å². The van der Waals surface area contributed by atoms with Crippen molar-refractivity contribution < 1.29 is 22.8 Å². The highest BCUT2D eigenvalue weighted by molar-refractivity contribution is 6.07. The van der Waals surface area contributed by atoms with Crippen LogP contribution >= 0.6 is 0 Å². The molecule has 176 valence electrons. The first-order chi connectivity index (χ1) is 17.0. The highest BCUT2D eigenvalue weighted by Crippen LogP contribution is 2.25. The molecule has 5 rings (SSSR count). The van der Waals surface area contributed by atoms with E-state index in [1.807, 2.05) is 30.3 Å². The molecule has 0 fully saturated rings. The molecule has 0 N–H and O–H groups in total. The summed E-state index contributed by atoms with van der Waals surface area (Å²) in [5.41, 5.74) is 1.41. The van der Waals surface area contributed by atoms with E-state index in [9.17, 15) is 18.0 Å². The van der Waals surface area contributed by atoms with Crippen LogP contribution in [0.4, 0.5) is 13.2 Å². The van der Waals surface area contributed by atoms with Crippen molar-refractivity contribution in [2.75, 3.05) is 6.54 Å². The topological polar surface area (TPSA) is 41.9 Å². The molecule has 1 heterocycles. The van der Waals surface area contributed by atoms with Gasteiger partial charge in [-0.1, -0.05) is 65.8 Å². The minimum absolute atomic E-state index is 0.0837. The van der Waals surface area contributed by atoms with Gasteiger partial charge >= 0.3 is 0 Å². The monoisotopic (exact) mass is 474 g/mol. The molecule has 0 aromatic heterocycles. The van der Waals surface area contributed by atoms with Crippen molar-refractivity contribution in [3.63, 3.8) is 0 Å². The number of nitrogens with zero attached hydrogens (tertiary/aromatic N) is 2. The molecule has 4 nitrogen and oxygen atoms in total. The molecule has 1 aliphatic heterocycles. The maximum Gasteiger partial charge on any atom is 0.254 e. The number of amides is 1. The molecule has 0 saturated carbocycles. The van der Waals surface area contributed by atoms with Gasteiger partial charge in [-0.15, -0.1) is 0 Å². The molecule has 35 heavy (non-hydrogen) atoms. The van der Waals surface area contributed by atoms with Crippen molar-refractivity contribution in [3.8, 4) is 0 Å². The molecule has 0 bridgehead atoms. The average Bonchev–Trinajstić information content (AvgIpc) is 3.33. The zero-order chi connectivity index (χ0) is 24.4. The SMILES string of the molecule is O=C(c1cccc2ccccc12)N(Cc1ccc(F)cc1F)CC1CC(c2ccccc2F)=NO1. The van der Waals surface area contributed by atoms with Crippen LogP contribution < -0.4 is 0 Å². The summed E-state index contributed by atoms with van der Waals surface area (Å²) < 4.78 is 42.2. The number of hydrogen-bond donors (Lipinski definition) is 0. The third kappa shape index (κ3) is 4.75. The molecular weight excluding hydrogens is 453 g/mol. The number of hydrogen-bond acceptors (Lipinski definition) is 3. The largest absolute Gasteiger partial charge is 0.390 e. The lowest BCUT2D eigenvalue weighted by molar-refractivity contribution is 0.0404. The molecule has 0 aliphatic carbocycles. The van der Waals surface area contributed by atoms with Gasteiger partial charge in [-0.05, 0) is 29.0 Å². The van der Waals surface area contributed by atoms with Crippen LogP contribution in [0, 0.1) is 17.5 Å². The zero-order valence-corrected chi connectivity index (χ0v) is 18.6. The number of fused-ring (bicyclic) bond motifs is 1. The van der Waals surface area contributed by atoms with E-state index in [0.717, 1.165) is 22.9 Å². The lowest BCUT2D eigenvalue weighted by atomic mass is 10.0. The molecule has 1 amide bonds. The third-order valence-electron chi connectivity index (χ3n) is 6.03. The fraction of sp³-hybridized carbons (Fsp3) is 0.143. The minimum atomic E-state index is -0.739. The highest BCUT2D eigenvalue weighted by atomic mass is 19.1. The van der Waals surface area contributed by atoms with Gasteiger partial charge in [-0.2, -0.15) is 0 Å². The second-order valence-electron chi connectivity index (χ2n) is 8.40. The first-order valence-corrected chi connectivity index (χ1v) is 11.2. The predicted molar refractivity (Wildman–Crippen MR) is 127 cm³/mol. The lowest BCUT2D eigenvalue weighted by Gasteiger charge is -2.26. The van der Waals surface area contributed by atoms with Crippen molar-refractivity contribution in [1.82, 2.24) is 4.90 Å². The summed E-state index contributed by atoms with van der Waals surface area (Å²) in [5.74, 6) is -2.17. The summed E-state index contributed by atoms with van der Waals surface area (Å²) in [6.45, 7) is -0.0105. The van der Waals surface area contributed by atoms with Gasteiger partial charge in [-0.25, -0.2) is 13.2 Å². The molecule has 0 saturated heterocycles. The Hall–Kier alpha value is -4.13. The van der Waals surface area contributed by atoms with Gasteiger partial charge in [0, 0.05) is 35.7 Å². The average molecular weight is 474 g/mol. The fourth-order valence-electron chi connectivity index (χ4n) is 4.28. The smallest absolute Gasteiger partial charge is 0.254 e. The minimum Gasteiger partial charge on any atom is -0.390 e. The van der Waals surface area contributed by atoms with Crippen LogP contribution in [-0.2, 0) is 11.4 Å². The molecule has 1 aliphatic rings. The van der Waals surface area contributed by atoms with Gasteiger partial charge < -0.3 is 9.74 Å². The predicted octanol–water partition coefficient (Wildman–Crippen LogP) is 6.09. The van der Waals surface area contributed by atoms with Crippen LogP contribution in [0.2, 0.25) is 0 Å². The van der Waals surface area contributed by atoms with Gasteiger partial charge in [-0.3, -0.25) is 4.79 Å². The van der Waals surface area contributed by atoms with E-state index in [4.69, 9.17) is 4.84 Å². The summed E-state index contributed by atoms with van der Waals surface area (Å²) in [7, 11) is 0. The Morgan fingerprint density at radius 2 is 1.69 bits per heavy atom. The molecular formula is C28H21F3N2O2. The van der Waals surface area contributed by atoms with Gasteiger partial charge in [0.1, 0.15) is 17.5 Å². The maximum absolute atomic E-state index is 14.5. The number of carbonyl (C=O) groups is 1. The second kappa shape index (κ2) is 9.62. The number of carbonyl (C=O) groups excluding carboxylic acids is 1. The van der Waals surface area contributed by atoms with Crippen LogP contribution in [0.1, 0.15) is 27.9 Å². The second-order valence-corrected chi connectivity index (χ2v) is 8.40. The van der Waals surface area contributed by atoms with Crippen LogP contribution in [0.15, 0.2) is 90.1 Å². The van der Waals surface area contributed by atoms with E-state index < -0.39 is 23.6 Å². The first kappa shape index (κ1) is 22.7. The summed E-state index contributed by atoms with van der Waals surface area (Å²) >= 11 is 0. The molecule has 4 aromatic rings. The van der Waals surface area contributed by atoms with Crippen LogP contribution in [0.3, 0.4) is 0 Å². The van der Waals surface area contributed by atoms with E-state index in [1.165, 1.54) is 17.0 Å². The number of benzene rings is 4. The van der Waals surface area contributed by atoms with Crippen molar-refractivity contribution in [1.29, 1.82) is 0 Å². The van der Waals surface area contributed by atoms with Gasteiger partial charge in [0.2, 0.25) is 0 Å². The standard InChI is InChI=1S/C28H21F3N2O2/c29-20-13-12-19(26(31)14-20)16-33(28(34)23-10-5-7-18-6-1-2-8-22(18)23)17-21-15-27(32-35-21)24-9-3-4-11-25(24)30/h1-14,21H,15-17H2. The zero-order valence-electron chi connectivity index (χ0n) is 18.6. The Morgan fingerprint density at radius 3 is 2.51 bits per heavy atom. The normalized spacial score (nSPS) is 15.1. The molecule has 1 atom stereocenters. The quantitative estimate of drug-likeness (QED) is 0.339. The van der Waals surface area contributed by atoms with Crippen molar-refractivity contribution in [2.45, 2.75) is 19.1 Å². The van der Waals surface area contributed by atoms with E-state index in [1.54, 1.807) is 30.3 Å². The fourth-order valence-corrected chi connectivity index (χ4v) is 4.28. The third-order valence-corrected chi connectivity index (χ3v) is 6.03. The molecule has 4 aromatic carbocycles. The molecule has 1 unspecified atom stereocenters. The Labute approximate surface area is 200 Å². The van der Waals surface area contributed by atoms with Gasteiger partial charge in [0.25, 0.3) is 5.91 Å². The summed E-state index contributed by atoms with van der Waals surface area (Å²) in [5, 5.41) is 5.70. The Bertz CT molecular complexity index is 1430. The van der Waals surface area contributed by atoms with Crippen molar-refractivity contribution in [3.05, 3.63) is 119 Å². The summed E-state index contributed by atoms with van der Waals surface area (Å²) in [6.07, 6.45) is -0.265. The summed E-state index contributed by atoms with van der Waals surface area (Å²) in [4.78, 5) is 20.7. The Balaban J connectivity index is 1.43. The van der Waals surface area contributed by atoms with E-state index in [-0.39, 0.29) is 31.0 Å². The van der Waals surface area contributed by atoms with Crippen LogP contribution in [-0.4, -0.2) is 29.2 Å². The van der Waals surface area contributed by atoms with E-state index >= 15 is 0 Å². The summed E-state index contributed by atoms with van der Waals surface area (Å²) in [6, 6.07) is 22.4.